The highest BCUT2D eigenvalue weighted by molar-refractivity contribution is 5.98. The minimum absolute atomic E-state index is 0.151. The lowest BCUT2D eigenvalue weighted by Gasteiger charge is -2.24. The summed E-state index contributed by atoms with van der Waals surface area (Å²) in [7, 11) is 1.61. The number of benzene rings is 1. The van der Waals surface area contributed by atoms with Crippen molar-refractivity contribution in [3.63, 3.8) is 0 Å². The molecular formula is C13H17F2NO2. The Balaban J connectivity index is 2.77. The summed E-state index contributed by atoms with van der Waals surface area (Å²) in [6.07, 6.45) is 0. The fourth-order valence-corrected chi connectivity index (χ4v) is 1.80. The summed E-state index contributed by atoms with van der Waals surface area (Å²) in [4.78, 5) is 13.3. The minimum atomic E-state index is -0.969. The molecule has 18 heavy (non-hydrogen) atoms. The lowest BCUT2D eigenvalue weighted by atomic mass is 10.1. The van der Waals surface area contributed by atoms with Gasteiger partial charge in [0.2, 0.25) is 0 Å². The molecule has 0 unspecified atom stereocenters. The Morgan fingerprint density at radius 2 is 1.83 bits per heavy atom. The van der Waals surface area contributed by atoms with Crippen LogP contribution in [0.5, 0.6) is 0 Å². The van der Waals surface area contributed by atoms with E-state index in [0.717, 1.165) is 12.1 Å². The van der Waals surface area contributed by atoms with Gasteiger partial charge in [0, 0.05) is 6.54 Å². The summed E-state index contributed by atoms with van der Waals surface area (Å²) < 4.78 is 26.7. The highest BCUT2D eigenvalue weighted by Gasteiger charge is 2.21. The van der Waals surface area contributed by atoms with Crippen molar-refractivity contribution in [3.8, 4) is 0 Å². The monoisotopic (exact) mass is 257 g/mol. The number of aliphatic hydroxyl groups is 1. The molecule has 1 rings (SSSR count). The number of nitrogens with zero attached hydrogens (tertiary/aromatic N) is 1. The number of halogens is 2. The first-order chi connectivity index (χ1) is 8.20. The number of carbonyl (C=O) groups is 1. The molecule has 5 heteroatoms. The van der Waals surface area contributed by atoms with Gasteiger partial charge >= 0.3 is 0 Å². The van der Waals surface area contributed by atoms with Crippen molar-refractivity contribution in [2.45, 2.75) is 19.4 Å². The molecule has 0 heterocycles. The second-order valence-corrected chi connectivity index (χ2v) is 5.00. The number of rotatable bonds is 5. The van der Waals surface area contributed by atoms with Crippen LogP contribution in [0.1, 0.15) is 24.2 Å². The molecule has 3 nitrogen and oxygen atoms in total. The Kier molecular flexibility index (Phi) is 4.53. The number of hydrogen-bond acceptors (Lipinski definition) is 3. The van der Waals surface area contributed by atoms with Crippen LogP contribution in [0.25, 0.3) is 0 Å². The topological polar surface area (TPSA) is 40.5 Å². The first-order valence-corrected chi connectivity index (χ1v) is 5.59. The van der Waals surface area contributed by atoms with E-state index < -0.39 is 28.6 Å². The van der Waals surface area contributed by atoms with Gasteiger partial charge in [-0.25, -0.2) is 8.78 Å². The van der Waals surface area contributed by atoms with Crippen LogP contribution in [-0.4, -0.2) is 41.5 Å². The number of Topliss-reactive ketones (excluding diaryl/α,β-unsaturated/α-hetero) is 1. The second-order valence-electron chi connectivity index (χ2n) is 5.00. The highest BCUT2D eigenvalue weighted by atomic mass is 19.1. The van der Waals surface area contributed by atoms with Crippen molar-refractivity contribution >= 4 is 5.78 Å². The molecule has 0 aliphatic heterocycles. The van der Waals surface area contributed by atoms with Gasteiger partial charge in [0.15, 0.2) is 5.78 Å². The van der Waals surface area contributed by atoms with E-state index in [9.17, 15) is 18.7 Å². The van der Waals surface area contributed by atoms with Crippen LogP contribution in [0.3, 0.4) is 0 Å². The maximum absolute atomic E-state index is 13.4. The zero-order valence-corrected chi connectivity index (χ0v) is 10.7. The van der Waals surface area contributed by atoms with E-state index in [1.54, 1.807) is 20.9 Å². The zero-order valence-electron chi connectivity index (χ0n) is 10.7. The van der Waals surface area contributed by atoms with Gasteiger partial charge in [0.1, 0.15) is 11.6 Å². The zero-order chi connectivity index (χ0) is 13.9. The highest BCUT2D eigenvalue weighted by Crippen LogP contribution is 2.13. The van der Waals surface area contributed by atoms with E-state index >= 15 is 0 Å². The SMILES string of the molecule is CN(CC(=O)c1c(F)cccc1F)CC(C)(C)O. The lowest BCUT2D eigenvalue weighted by Crippen LogP contribution is -2.39. The van der Waals surface area contributed by atoms with E-state index in [2.05, 4.69) is 0 Å². The van der Waals surface area contributed by atoms with Crippen molar-refractivity contribution in [1.29, 1.82) is 0 Å². The summed E-state index contributed by atoms with van der Waals surface area (Å²) in [5.74, 6) is -2.37. The number of hydrogen-bond donors (Lipinski definition) is 1. The van der Waals surface area contributed by atoms with E-state index in [0.29, 0.717) is 0 Å². The largest absolute Gasteiger partial charge is 0.389 e. The fraction of sp³-hybridized carbons (Fsp3) is 0.462. The van der Waals surface area contributed by atoms with Crippen molar-refractivity contribution < 1.29 is 18.7 Å². The molecule has 1 N–H and O–H groups in total. The van der Waals surface area contributed by atoms with Gasteiger partial charge in [-0.15, -0.1) is 0 Å². The van der Waals surface area contributed by atoms with Crippen molar-refractivity contribution in [1.82, 2.24) is 4.90 Å². The summed E-state index contributed by atoms with van der Waals surface area (Å²) in [5, 5.41) is 9.58. The minimum Gasteiger partial charge on any atom is -0.389 e. The normalized spacial score (nSPS) is 11.9. The van der Waals surface area contributed by atoms with Crippen LogP contribution in [0.4, 0.5) is 8.78 Å². The van der Waals surface area contributed by atoms with E-state index in [1.807, 2.05) is 0 Å². The van der Waals surface area contributed by atoms with Crippen molar-refractivity contribution in [2.75, 3.05) is 20.1 Å². The molecule has 0 amide bonds. The fourth-order valence-electron chi connectivity index (χ4n) is 1.80. The predicted molar refractivity (Wildman–Crippen MR) is 64.5 cm³/mol. The Morgan fingerprint density at radius 3 is 2.28 bits per heavy atom. The molecule has 0 radical (unpaired) electrons. The molecule has 0 saturated heterocycles. The molecule has 0 aliphatic carbocycles. The maximum Gasteiger partial charge on any atom is 0.182 e. The quantitative estimate of drug-likeness (QED) is 0.818. The first kappa shape index (κ1) is 14.7. The molecule has 0 bridgehead atoms. The molecule has 1 aromatic carbocycles. The Labute approximate surface area is 105 Å². The molecule has 0 atom stereocenters. The Hall–Kier alpha value is -1.33. The molecule has 100 valence electrons. The second kappa shape index (κ2) is 5.54. The summed E-state index contributed by atoms with van der Waals surface area (Å²) in [5.41, 5.74) is -1.50. The van der Waals surface area contributed by atoms with Crippen LogP contribution < -0.4 is 0 Å². The van der Waals surface area contributed by atoms with Crippen LogP contribution >= 0.6 is 0 Å². The number of carbonyl (C=O) groups excluding carboxylic acids is 1. The lowest BCUT2D eigenvalue weighted by molar-refractivity contribution is 0.0438. The molecule has 0 spiro atoms. The Morgan fingerprint density at radius 1 is 1.33 bits per heavy atom. The molecule has 0 fully saturated rings. The average molecular weight is 257 g/mol. The van der Waals surface area contributed by atoms with Gasteiger partial charge in [-0.1, -0.05) is 6.07 Å². The molecule has 0 aliphatic rings. The van der Waals surface area contributed by atoms with Crippen LogP contribution in [0, 0.1) is 11.6 Å². The van der Waals surface area contributed by atoms with Crippen LogP contribution in [0.2, 0.25) is 0 Å². The third-order valence-electron chi connectivity index (χ3n) is 2.31. The molecular weight excluding hydrogens is 240 g/mol. The molecule has 0 aromatic heterocycles. The van der Waals surface area contributed by atoms with Gasteiger partial charge in [-0.05, 0) is 33.0 Å². The standard InChI is InChI=1S/C13H17F2NO2/c1-13(2,18)8-16(3)7-11(17)12-9(14)5-4-6-10(12)15/h4-6,18H,7-8H2,1-3H3. The molecule has 1 aromatic rings. The maximum atomic E-state index is 13.4. The summed E-state index contributed by atoms with van der Waals surface area (Å²) in [6.45, 7) is 3.27. The van der Waals surface area contributed by atoms with Crippen LogP contribution in [-0.2, 0) is 0 Å². The number of ketones is 1. The summed E-state index contributed by atoms with van der Waals surface area (Å²) in [6, 6.07) is 3.31. The van der Waals surface area contributed by atoms with Gasteiger partial charge in [0.05, 0.1) is 17.7 Å². The van der Waals surface area contributed by atoms with E-state index in [4.69, 9.17) is 0 Å². The van der Waals surface area contributed by atoms with E-state index in [-0.39, 0.29) is 13.1 Å². The van der Waals surface area contributed by atoms with Gasteiger partial charge in [-0.2, -0.15) is 0 Å². The third kappa shape index (κ3) is 4.16. The van der Waals surface area contributed by atoms with Gasteiger partial charge < -0.3 is 5.11 Å². The molecule has 0 saturated carbocycles. The summed E-state index contributed by atoms with van der Waals surface area (Å²) >= 11 is 0. The van der Waals surface area contributed by atoms with Gasteiger partial charge in [0.25, 0.3) is 0 Å². The van der Waals surface area contributed by atoms with E-state index in [1.165, 1.54) is 11.0 Å². The predicted octanol–water partition coefficient (Wildman–Crippen LogP) is 1.85. The average Bonchev–Trinajstić information content (AvgIpc) is 2.13. The van der Waals surface area contributed by atoms with Crippen molar-refractivity contribution in [2.24, 2.45) is 0 Å². The first-order valence-electron chi connectivity index (χ1n) is 5.59. The smallest absolute Gasteiger partial charge is 0.182 e. The van der Waals surface area contributed by atoms with Crippen LogP contribution in [0.15, 0.2) is 18.2 Å². The van der Waals surface area contributed by atoms with Gasteiger partial charge in [-0.3, -0.25) is 9.69 Å². The van der Waals surface area contributed by atoms with Crippen molar-refractivity contribution in [3.05, 3.63) is 35.4 Å². The third-order valence-corrected chi connectivity index (χ3v) is 2.31. The number of likely N-dealkylation sites (N-methyl/N-ethyl adjacent to an activating group) is 1. The Bertz CT molecular complexity index is 421.